The average molecular weight is 312 g/mol. The Labute approximate surface area is 130 Å². The summed E-state index contributed by atoms with van der Waals surface area (Å²) >= 11 is 5.83. The molecule has 116 valence electrons. The van der Waals surface area contributed by atoms with Crippen molar-refractivity contribution < 1.29 is 9.53 Å². The van der Waals surface area contributed by atoms with E-state index in [0.29, 0.717) is 5.02 Å². The van der Waals surface area contributed by atoms with Gasteiger partial charge in [0, 0.05) is 57.2 Å². The van der Waals surface area contributed by atoms with Gasteiger partial charge in [0.15, 0.2) is 0 Å². The number of halogens is 1. The van der Waals surface area contributed by atoms with Crippen molar-refractivity contribution in [2.24, 2.45) is 0 Å². The maximum absolute atomic E-state index is 12.2. The molecule has 6 heteroatoms. The number of nitrogens with zero attached hydrogens (tertiary/aromatic N) is 2. The quantitative estimate of drug-likeness (QED) is 0.850. The smallest absolute Gasteiger partial charge is 0.321 e. The number of amides is 2. The molecular formula is C15H22ClN3O2. The van der Waals surface area contributed by atoms with Crippen LogP contribution in [-0.2, 0) is 4.74 Å². The Bertz CT molecular complexity index is 445. The molecule has 2 amide bonds. The molecule has 2 rings (SSSR count). The number of carbonyl (C=O) groups is 1. The van der Waals surface area contributed by atoms with E-state index in [9.17, 15) is 4.79 Å². The standard InChI is InChI=1S/C15H22ClN3O2/c1-21-12-2-7-18-8-10-19(11-9-18)15(20)17-14-5-3-13(16)4-6-14/h3-6H,2,7-12H2,1H3,(H,17,20). The Morgan fingerprint density at radius 1 is 1.24 bits per heavy atom. The first-order valence-electron chi connectivity index (χ1n) is 7.22. The van der Waals surface area contributed by atoms with Crippen molar-refractivity contribution in [1.82, 2.24) is 9.80 Å². The third-order valence-corrected chi connectivity index (χ3v) is 3.83. The molecular weight excluding hydrogens is 290 g/mol. The number of anilines is 1. The summed E-state index contributed by atoms with van der Waals surface area (Å²) in [5.41, 5.74) is 0.770. The molecule has 0 bridgehead atoms. The van der Waals surface area contributed by atoms with Gasteiger partial charge in [-0.25, -0.2) is 4.79 Å². The summed E-state index contributed by atoms with van der Waals surface area (Å²) in [6, 6.07) is 7.10. The number of benzene rings is 1. The maximum Gasteiger partial charge on any atom is 0.321 e. The van der Waals surface area contributed by atoms with Crippen molar-refractivity contribution >= 4 is 23.3 Å². The van der Waals surface area contributed by atoms with Crippen LogP contribution in [0.1, 0.15) is 6.42 Å². The van der Waals surface area contributed by atoms with Gasteiger partial charge in [0.1, 0.15) is 0 Å². The number of nitrogens with one attached hydrogen (secondary N) is 1. The van der Waals surface area contributed by atoms with Crippen LogP contribution in [0.2, 0.25) is 5.02 Å². The van der Waals surface area contributed by atoms with Gasteiger partial charge in [0.05, 0.1) is 0 Å². The Balaban J connectivity index is 1.74. The summed E-state index contributed by atoms with van der Waals surface area (Å²) in [6.07, 6.45) is 1.04. The lowest BCUT2D eigenvalue weighted by Gasteiger charge is -2.34. The summed E-state index contributed by atoms with van der Waals surface area (Å²) in [5.74, 6) is 0. The first-order chi connectivity index (χ1) is 10.2. The molecule has 1 aliphatic rings. The zero-order valence-corrected chi connectivity index (χ0v) is 13.1. The highest BCUT2D eigenvalue weighted by Gasteiger charge is 2.20. The van der Waals surface area contributed by atoms with Crippen LogP contribution in [0, 0.1) is 0 Å². The van der Waals surface area contributed by atoms with Crippen LogP contribution >= 0.6 is 11.6 Å². The lowest BCUT2D eigenvalue weighted by Crippen LogP contribution is -2.50. The Morgan fingerprint density at radius 3 is 2.52 bits per heavy atom. The van der Waals surface area contributed by atoms with Crippen molar-refractivity contribution in [2.45, 2.75) is 6.42 Å². The number of hydrogen-bond donors (Lipinski definition) is 1. The fourth-order valence-electron chi connectivity index (χ4n) is 2.34. The largest absolute Gasteiger partial charge is 0.385 e. The molecule has 5 nitrogen and oxygen atoms in total. The molecule has 0 unspecified atom stereocenters. The normalized spacial score (nSPS) is 16.0. The van der Waals surface area contributed by atoms with Gasteiger partial charge in [-0.15, -0.1) is 0 Å². The number of urea groups is 1. The fraction of sp³-hybridized carbons (Fsp3) is 0.533. The minimum atomic E-state index is -0.0473. The highest BCUT2D eigenvalue weighted by Crippen LogP contribution is 2.14. The third kappa shape index (κ3) is 5.19. The second-order valence-electron chi connectivity index (χ2n) is 5.11. The zero-order chi connectivity index (χ0) is 15.1. The Kier molecular flexibility index (Phi) is 6.29. The lowest BCUT2D eigenvalue weighted by atomic mass is 10.3. The van der Waals surface area contributed by atoms with Gasteiger partial charge < -0.3 is 15.0 Å². The maximum atomic E-state index is 12.2. The molecule has 1 aromatic carbocycles. The van der Waals surface area contributed by atoms with Crippen molar-refractivity contribution in [3.8, 4) is 0 Å². The predicted octanol–water partition coefficient (Wildman–Crippen LogP) is 2.53. The molecule has 0 saturated carbocycles. The zero-order valence-electron chi connectivity index (χ0n) is 12.3. The van der Waals surface area contributed by atoms with Gasteiger partial charge >= 0.3 is 6.03 Å². The molecule has 21 heavy (non-hydrogen) atoms. The van der Waals surface area contributed by atoms with Gasteiger partial charge in [0.2, 0.25) is 0 Å². The van der Waals surface area contributed by atoms with Crippen molar-refractivity contribution in [3.05, 3.63) is 29.3 Å². The average Bonchev–Trinajstić information content (AvgIpc) is 2.50. The van der Waals surface area contributed by atoms with Crippen LogP contribution in [0.3, 0.4) is 0 Å². The molecule has 0 atom stereocenters. The summed E-state index contributed by atoms with van der Waals surface area (Å²) in [4.78, 5) is 16.4. The number of carbonyl (C=O) groups excluding carboxylic acids is 1. The van der Waals surface area contributed by atoms with E-state index < -0.39 is 0 Å². The highest BCUT2D eigenvalue weighted by atomic mass is 35.5. The first-order valence-corrected chi connectivity index (χ1v) is 7.59. The molecule has 1 saturated heterocycles. The Hall–Kier alpha value is -1.30. The van der Waals surface area contributed by atoms with Crippen molar-refractivity contribution in [3.63, 3.8) is 0 Å². The van der Waals surface area contributed by atoms with Crippen LogP contribution in [0.4, 0.5) is 10.5 Å². The number of piperazine rings is 1. The number of ether oxygens (including phenoxy) is 1. The summed E-state index contributed by atoms with van der Waals surface area (Å²) in [6.45, 7) is 5.16. The van der Waals surface area contributed by atoms with Crippen LogP contribution in [0.5, 0.6) is 0 Å². The van der Waals surface area contributed by atoms with Crippen LogP contribution < -0.4 is 5.32 Å². The monoisotopic (exact) mass is 311 g/mol. The van der Waals surface area contributed by atoms with E-state index in [0.717, 1.165) is 51.4 Å². The van der Waals surface area contributed by atoms with E-state index in [4.69, 9.17) is 16.3 Å². The second kappa shape index (κ2) is 8.22. The van der Waals surface area contributed by atoms with E-state index in [2.05, 4.69) is 10.2 Å². The number of methoxy groups -OCH3 is 1. The predicted molar refractivity (Wildman–Crippen MR) is 85.0 cm³/mol. The molecule has 0 aliphatic carbocycles. The van der Waals surface area contributed by atoms with E-state index >= 15 is 0 Å². The van der Waals surface area contributed by atoms with Crippen molar-refractivity contribution in [2.75, 3.05) is 51.8 Å². The van der Waals surface area contributed by atoms with E-state index in [1.165, 1.54) is 0 Å². The fourth-order valence-corrected chi connectivity index (χ4v) is 2.47. The first kappa shape index (κ1) is 16.1. The van der Waals surface area contributed by atoms with Gasteiger partial charge in [-0.3, -0.25) is 4.90 Å². The van der Waals surface area contributed by atoms with E-state index in [1.807, 2.05) is 4.90 Å². The summed E-state index contributed by atoms with van der Waals surface area (Å²) in [7, 11) is 1.72. The lowest BCUT2D eigenvalue weighted by molar-refractivity contribution is 0.130. The second-order valence-corrected chi connectivity index (χ2v) is 5.55. The van der Waals surface area contributed by atoms with Gasteiger partial charge in [-0.1, -0.05) is 11.6 Å². The summed E-state index contributed by atoms with van der Waals surface area (Å²) < 4.78 is 5.06. The van der Waals surface area contributed by atoms with Gasteiger partial charge in [0.25, 0.3) is 0 Å². The SMILES string of the molecule is COCCCN1CCN(C(=O)Nc2ccc(Cl)cc2)CC1. The molecule has 0 spiro atoms. The number of rotatable bonds is 5. The van der Waals surface area contributed by atoms with Crippen LogP contribution in [-0.4, -0.2) is 62.3 Å². The molecule has 0 aromatic heterocycles. The molecule has 0 radical (unpaired) electrons. The molecule has 1 heterocycles. The summed E-state index contributed by atoms with van der Waals surface area (Å²) in [5, 5.41) is 3.56. The Morgan fingerprint density at radius 2 is 1.90 bits per heavy atom. The molecule has 1 fully saturated rings. The van der Waals surface area contributed by atoms with E-state index in [-0.39, 0.29) is 6.03 Å². The van der Waals surface area contributed by atoms with Crippen molar-refractivity contribution in [1.29, 1.82) is 0 Å². The van der Waals surface area contributed by atoms with E-state index in [1.54, 1.807) is 31.4 Å². The minimum Gasteiger partial charge on any atom is -0.385 e. The van der Waals surface area contributed by atoms with Gasteiger partial charge in [-0.05, 0) is 30.7 Å². The number of hydrogen-bond acceptors (Lipinski definition) is 3. The van der Waals surface area contributed by atoms with Crippen LogP contribution in [0.15, 0.2) is 24.3 Å². The van der Waals surface area contributed by atoms with Gasteiger partial charge in [-0.2, -0.15) is 0 Å². The minimum absolute atomic E-state index is 0.0473. The third-order valence-electron chi connectivity index (χ3n) is 3.58. The molecule has 1 N–H and O–H groups in total. The molecule has 1 aliphatic heterocycles. The topological polar surface area (TPSA) is 44.8 Å². The van der Waals surface area contributed by atoms with Crippen LogP contribution in [0.25, 0.3) is 0 Å². The molecule has 1 aromatic rings. The highest BCUT2D eigenvalue weighted by molar-refractivity contribution is 6.30.